The van der Waals surface area contributed by atoms with Crippen LogP contribution >= 0.6 is 0 Å². The van der Waals surface area contributed by atoms with Crippen molar-refractivity contribution in [2.24, 2.45) is 7.05 Å². The molecule has 0 fully saturated rings. The molecule has 5 heteroatoms. The van der Waals surface area contributed by atoms with Crippen LogP contribution in [0.5, 0.6) is 0 Å². The fourth-order valence-electron chi connectivity index (χ4n) is 3.65. The van der Waals surface area contributed by atoms with Gasteiger partial charge in [-0.2, -0.15) is 0 Å². The van der Waals surface area contributed by atoms with Crippen LogP contribution in [0.3, 0.4) is 0 Å². The first kappa shape index (κ1) is 12.8. The number of hydrogen-bond acceptors (Lipinski definition) is 3. The van der Waals surface area contributed by atoms with E-state index >= 15 is 0 Å². The number of pyridine rings is 2. The zero-order valence-corrected chi connectivity index (χ0v) is 15.2. The van der Waals surface area contributed by atoms with Gasteiger partial charge >= 0.3 is 6.85 Å². The average Bonchev–Trinajstić information content (AvgIpc) is 2.91. The smallest absolute Gasteiger partial charge is 0.396 e. The molecular formula is C20H23BN3O+. The monoisotopic (exact) mass is 335 g/mol. The minimum Gasteiger partial charge on any atom is -0.436 e. The van der Waals surface area contributed by atoms with Gasteiger partial charge in [-0.25, -0.2) is 9.55 Å². The van der Waals surface area contributed by atoms with Gasteiger partial charge in [-0.05, 0) is 51.9 Å². The van der Waals surface area contributed by atoms with Gasteiger partial charge in [0.25, 0.3) is 0 Å². The lowest BCUT2D eigenvalue weighted by Crippen LogP contribution is -2.61. The van der Waals surface area contributed by atoms with Crippen molar-refractivity contribution in [3.8, 4) is 0 Å². The molecule has 25 heavy (non-hydrogen) atoms. The minimum atomic E-state index is -2.12. The normalized spacial score (nSPS) is 16.0. The molecule has 4 heterocycles. The van der Waals surface area contributed by atoms with E-state index in [9.17, 15) is 0 Å². The van der Waals surface area contributed by atoms with Gasteiger partial charge in [-0.1, -0.05) is 5.98 Å². The van der Waals surface area contributed by atoms with Crippen molar-refractivity contribution in [1.82, 2.24) is 9.79 Å². The molecule has 4 nitrogen and oxygen atoms in total. The van der Waals surface area contributed by atoms with Crippen LogP contribution in [-0.2, 0) is 7.05 Å². The topological polar surface area (TPSA) is 33.1 Å². The summed E-state index contributed by atoms with van der Waals surface area (Å²) in [5.74, 6) is 2.18. The van der Waals surface area contributed by atoms with Gasteiger partial charge < -0.3 is 9.23 Å². The summed E-state index contributed by atoms with van der Waals surface area (Å²) in [4.78, 5) is 6.62. The number of aromatic nitrogens is 2. The maximum Gasteiger partial charge on any atom is 0.396 e. The van der Waals surface area contributed by atoms with E-state index in [0.29, 0.717) is 11.3 Å². The quantitative estimate of drug-likeness (QED) is 0.487. The van der Waals surface area contributed by atoms with Crippen molar-refractivity contribution in [2.45, 2.75) is 27.6 Å². The zero-order valence-electron chi connectivity index (χ0n) is 18.2. The molecule has 0 atom stereocenters. The predicted octanol–water partition coefficient (Wildman–Crippen LogP) is 0.788. The molecule has 0 bridgehead atoms. The van der Waals surface area contributed by atoms with Crippen molar-refractivity contribution >= 4 is 35.7 Å². The molecule has 126 valence electrons. The highest BCUT2D eigenvalue weighted by atomic mass is 16.3. The number of nitrogens with zero attached hydrogens (tertiary/aromatic N) is 3. The molecule has 3 aromatic heterocycles. The summed E-state index contributed by atoms with van der Waals surface area (Å²) in [5, 5.41) is 2.08. The van der Waals surface area contributed by atoms with Gasteiger partial charge in [-0.15, -0.1) is 0 Å². The van der Waals surface area contributed by atoms with Gasteiger partial charge in [0, 0.05) is 32.9 Å². The summed E-state index contributed by atoms with van der Waals surface area (Å²) in [7, 11) is 3.89. The van der Waals surface area contributed by atoms with E-state index in [1.807, 2.05) is 44.8 Å². The van der Waals surface area contributed by atoms with Crippen LogP contribution in [-0.4, -0.2) is 23.7 Å². The number of hydrogen-bond donors (Lipinski definition) is 0. The maximum atomic E-state index is 7.75. The second-order valence-electron chi connectivity index (χ2n) is 6.95. The molecule has 3 aromatic rings. The molecule has 0 saturated carbocycles. The Kier molecular flexibility index (Phi) is 2.80. The van der Waals surface area contributed by atoms with Crippen molar-refractivity contribution in [3.05, 3.63) is 51.3 Å². The summed E-state index contributed by atoms with van der Waals surface area (Å²) < 4.78 is 31.2. The highest BCUT2D eigenvalue weighted by Crippen LogP contribution is 2.14. The van der Waals surface area contributed by atoms with Crippen molar-refractivity contribution in [1.29, 1.82) is 0 Å². The average molecular weight is 335 g/mol. The van der Waals surface area contributed by atoms with E-state index < -0.39 is 6.85 Å². The first-order valence-electron chi connectivity index (χ1n) is 9.89. The molecule has 0 aromatic carbocycles. The molecule has 0 amide bonds. The Bertz CT molecular complexity index is 1230. The Balaban J connectivity index is 1.94. The van der Waals surface area contributed by atoms with E-state index in [1.54, 1.807) is 6.20 Å². The molecule has 1 aliphatic rings. The first-order valence-corrected chi connectivity index (χ1v) is 8.39. The van der Waals surface area contributed by atoms with Crippen LogP contribution in [0.2, 0.25) is 0 Å². The highest BCUT2D eigenvalue weighted by Gasteiger charge is 2.31. The lowest BCUT2D eigenvalue weighted by Gasteiger charge is -2.21. The van der Waals surface area contributed by atoms with Crippen LogP contribution in [0.1, 0.15) is 26.5 Å². The standard InChI is InChI=1S/C20H23BN3O/c1-12-8-18(23(5)10-14(12)3)21-9-16-17(11-24(21)6)25-20-19(16)13(2)7-15(4)22-20/h7-11H,1-6H3/q+1/i3D3. The number of furan rings is 1. The Morgan fingerprint density at radius 2 is 2.00 bits per heavy atom. The van der Waals surface area contributed by atoms with Crippen LogP contribution in [0.4, 0.5) is 0 Å². The van der Waals surface area contributed by atoms with Gasteiger partial charge in [0.1, 0.15) is 7.05 Å². The molecule has 0 radical (unpaired) electrons. The van der Waals surface area contributed by atoms with E-state index in [0.717, 1.165) is 38.4 Å². The van der Waals surface area contributed by atoms with Crippen LogP contribution < -0.4 is 20.8 Å². The predicted molar refractivity (Wildman–Crippen MR) is 102 cm³/mol. The maximum absolute atomic E-state index is 7.75. The number of aryl methyl sites for hydroxylation is 5. The molecule has 1 aliphatic heterocycles. The second kappa shape index (κ2) is 5.48. The van der Waals surface area contributed by atoms with Crippen LogP contribution in [0, 0.1) is 27.6 Å². The van der Waals surface area contributed by atoms with E-state index in [-0.39, 0.29) is 6.85 Å². The Morgan fingerprint density at radius 3 is 2.76 bits per heavy atom. The van der Waals surface area contributed by atoms with Crippen LogP contribution in [0.15, 0.2) is 22.7 Å². The highest BCUT2D eigenvalue weighted by molar-refractivity contribution is 6.82. The van der Waals surface area contributed by atoms with Crippen molar-refractivity contribution < 1.29 is 13.1 Å². The first-order chi connectivity index (χ1) is 13.1. The third-order valence-corrected chi connectivity index (χ3v) is 4.96. The fourth-order valence-corrected chi connectivity index (χ4v) is 3.65. The van der Waals surface area contributed by atoms with E-state index in [4.69, 9.17) is 8.53 Å². The molecule has 0 saturated heterocycles. The molecule has 0 aliphatic carbocycles. The van der Waals surface area contributed by atoms with Crippen molar-refractivity contribution in [3.63, 3.8) is 0 Å². The summed E-state index contributed by atoms with van der Waals surface area (Å²) in [5.41, 5.74) is 5.69. The Morgan fingerprint density at radius 1 is 1.20 bits per heavy atom. The SMILES string of the molecule is [2H]C([2H])([2H])c1c[n+](C)c(B2C=c3c(oc4nc(C)cc(C)c34)=CN2C)cc1C. The van der Waals surface area contributed by atoms with Gasteiger partial charge in [0.15, 0.2) is 17.2 Å². The zero-order chi connectivity index (χ0) is 20.4. The molecular weight excluding hydrogens is 309 g/mol. The number of rotatable bonds is 1. The fraction of sp³-hybridized carbons (Fsp3) is 0.300. The largest absolute Gasteiger partial charge is 0.436 e. The van der Waals surface area contributed by atoms with E-state index in [2.05, 4.69) is 28.8 Å². The summed E-state index contributed by atoms with van der Waals surface area (Å²) in [6.07, 6.45) is 3.71. The van der Waals surface area contributed by atoms with Gasteiger partial charge in [-0.3, -0.25) is 0 Å². The van der Waals surface area contributed by atoms with Crippen molar-refractivity contribution in [2.75, 3.05) is 7.05 Å². The Labute approximate surface area is 152 Å². The van der Waals surface area contributed by atoms with Gasteiger partial charge in [0.2, 0.25) is 5.71 Å². The summed E-state index contributed by atoms with van der Waals surface area (Å²) in [6, 6.07) is 4.03. The Hall–Kier alpha value is -2.56. The minimum absolute atomic E-state index is 0.0386. The summed E-state index contributed by atoms with van der Waals surface area (Å²) >= 11 is 0. The third kappa shape index (κ3) is 2.46. The lowest BCUT2D eigenvalue weighted by molar-refractivity contribution is -0.654. The summed E-state index contributed by atoms with van der Waals surface area (Å²) in [6.45, 7) is 3.73. The molecule has 0 unspecified atom stereocenters. The second-order valence-corrected chi connectivity index (χ2v) is 6.95. The van der Waals surface area contributed by atoms with E-state index in [1.165, 1.54) is 0 Å². The molecule has 4 rings (SSSR count). The molecule has 0 spiro atoms. The van der Waals surface area contributed by atoms with Crippen LogP contribution in [0.25, 0.3) is 23.3 Å². The third-order valence-electron chi connectivity index (χ3n) is 4.96. The lowest BCUT2D eigenvalue weighted by atomic mass is 9.55. The molecule has 0 N–H and O–H groups in total. The van der Waals surface area contributed by atoms with Gasteiger partial charge in [0.05, 0.1) is 5.39 Å². The number of fused-ring (bicyclic) bond motifs is 3.